The summed E-state index contributed by atoms with van der Waals surface area (Å²) in [6.07, 6.45) is 4.58. The van der Waals surface area contributed by atoms with Crippen LogP contribution < -0.4 is 5.32 Å². The highest BCUT2D eigenvalue weighted by Crippen LogP contribution is 2.23. The van der Waals surface area contributed by atoms with Crippen LogP contribution in [0.3, 0.4) is 0 Å². The summed E-state index contributed by atoms with van der Waals surface area (Å²) in [6, 6.07) is 0.335. The second kappa shape index (κ2) is 9.28. The van der Waals surface area contributed by atoms with E-state index >= 15 is 0 Å². The van der Waals surface area contributed by atoms with Crippen LogP contribution in [-0.2, 0) is 9.53 Å². The smallest absolute Gasteiger partial charge is 0.234 e. The molecular weight excluding hydrogens is 244 g/mol. The average molecular weight is 272 g/mol. The van der Waals surface area contributed by atoms with Gasteiger partial charge in [-0.2, -0.15) is 0 Å². The Morgan fingerprint density at radius 3 is 2.58 bits per heavy atom. The van der Waals surface area contributed by atoms with E-state index in [1.807, 2.05) is 4.90 Å². The number of hydrogen-bond donors (Lipinski definition) is 2. The van der Waals surface area contributed by atoms with E-state index < -0.39 is 0 Å². The van der Waals surface area contributed by atoms with E-state index in [4.69, 9.17) is 9.84 Å². The number of ether oxygens (including phenoxy) is 1. The molecule has 0 heterocycles. The van der Waals surface area contributed by atoms with Gasteiger partial charge < -0.3 is 15.2 Å². The van der Waals surface area contributed by atoms with Crippen molar-refractivity contribution < 1.29 is 14.6 Å². The molecule has 0 aromatic rings. The molecule has 0 aliphatic heterocycles. The first kappa shape index (κ1) is 16.4. The van der Waals surface area contributed by atoms with Gasteiger partial charge in [-0.1, -0.05) is 6.92 Å². The first-order chi connectivity index (χ1) is 9.15. The Bertz CT molecular complexity index is 253. The van der Waals surface area contributed by atoms with E-state index in [1.165, 1.54) is 12.8 Å². The Kier molecular flexibility index (Phi) is 8.02. The van der Waals surface area contributed by atoms with Gasteiger partial charge in [0.1, 0.15) is 0 Å². The van der Waals surface area contributed by atoms with E-state index in [0.29, 0.717) is 32.3 Å². The molecule has 5 nitrogen and oxygen atoms in total. The summed E-state index contributed by atoms with van der Waals surface area (Å²) < 4.78 is 5.01. The van der Waals surface area contributed by atoms with E-state index in [-0.39, 0.29) is 12.5 Å². The second-order valence-corrected chi connectivity index (χ2v) is 5.52. The predicted octanol–water partition coefficient (Wildman–Crippen LogP) is 0.622. The highest BCUT2D eigenvalue weighted by atomic mass is 16.5. The molecule has 5 heteroatoms. The van der Waals surface area contributed by atoms with Gasteiger partial charge >= 0.3 is 0 Å². The Morgan fingerprint density at radius 2 is 2.00 bits per heavy atom. The van der Waals surface area contributed by atoms with Crippen molar-refractivity contribution in [3.63, 3.8) is 0 Å². The third kappa shape index (κ3) is 6.89. The monoisotopic (exact) mass is 272 g/mol. The van der Waals surface area contributed by atoms with Gasteiger partial charge in [0, 0.05) is 26.2 Å². The standard InChI is InChI=1S/C14H28N2O3/c1-12-3-5-13(6-4-12)15-14(18)11-16(7-9-17)8-10-19-2/h12-13,17H,3-11H2,1-2H3,(H,15,18). The number of aliphatic hydroxyl groups is 1. The number of carbonyl (C=O) groups is 1. The number of amides is 1. The van der Waals surface area contributed by atoms with Gasteiger partial charge in [0.15, 0.2) is 0 Å². The zero-order chi connectivity index (χ0) is 14.1. The van der Waals surface area contributed by atoms with Gasteiger partial charge in [-0.25, -0.2) is 0 Å². The number of methoxy groups -OCH3 is 1. The molecule has 0 aromatic heterocycles. The first-order valence-electron chi connectivity index (χ1n) is 7.27. The van der Waals surface area contributed by atoms with Crippen LogP contribution in [0.2, 0.25) is 0 Å². The van der Waals surface area contributed by atoms with E-state index in [1.54, 1.807) is 7.11 Å². The van der Waals surface area contributed by atoms with Crippen LogP contribution in [0.4, 0.5) is 0 Å². The third-order valence-electron chi connectivity index (χ3n) is 3.78. The molecule has 0 atom stereocenters. The molecule has 0 bridgehead atoms. The van der Waals surface area contributed by atoms with Crippen LogP contribution >= 0.6 is 0 Å². The Labute approximate surface area is 116 Å². The molecule has 112 valence electrons. The second-order valence-electron chi connectivity index (χ2n) is 5.52. The van der Waals surface area contributed by atoms with Crippen molar-refractivity contribution in [2.75, 3.05) is 40.0 Å². The fourth-order valence-corrected chi connectivity index (χ4v) is 2.51. The SMILES string of the molecule is COCCN(CCO)CC(=O)NC1CCC(C)CC1. The molecule has 0 unspecified atom stereocenters. The fourth-order valence-electron chi connectivity index (χ4n) is 2.51. The van der Waals surface area contributed by atoms with Gasteiger partial charge in [-0.3, -0.25) is 9.69 Å². The lowest BCUT2D eigenvalue weighted by Gasteiger charge is -2.28. The maximum Gasteiger partial charge on any atom is 0.234 e. The van der Waals surface area contributed by atoms with Crippen LogP contribution in [0.25, 0.3) is 0 Å². The minimum atomic E-state index is 0.0594. The van der Waals surface area contributed by atoms with Crippen molar-refractivity contribution >= 4 is 5.91 Å². The van der Waals surface area contributed by atoms with E-state index in [0.717, 1.165) is 18.8 Å². The van der Waals surface area contributed by atoms with Crippen molar-refractivity contribution in [3.8, 4) is 0 Å². The lowest BCUT2D eigenvalue weighted by molar-refractivity contribution is -0.123. The molecule has 0 radical (unpaired) electrons. The summed E-state index contributed by atoms with van der Waals surface area (Å²) in [7, 11) is 1.64. The molecule has 1 aliphatic rings. The van der Waals surface area contributed by atoms with Crippen LogP contribution in [0, 0.1) is 5.92 Å². The van der Waals surface area contributed by atoms with Crippen molar-refractivity contribution in [1.82, 2.24) is 10.2 Å². The molecule has 1 amide bonds. The molecule has 0 saturated heterocycles. The summed E-state index contributed by atoms with van der Waals surface area (Å²) in [4.78, 5) is 13.9. The summed E-state index contributed by atoms with van der Waals surface area (Å²) >= 11 is 0. The zero-order valence-electron chi connectivity index (χ0n) is 12.2. The molecule has 1 fully saturated rings. The number of aliphatic hydroxyl groups excluding tert-OH is 1. The van der Waals surface area contributed by atoms with E-state index in [2.05, 4.69) is 12.2 Å². The number of nitrogens with zero attached hydrogens (tertiary/aromatic N) is 1. The maximum absolute atomic E-state index is 12.0. The topological polar surface area (TPSA) is 61.8 Å². The lowest BCUT2D eigenvalue weighted by atomic mass is 9.87. The lowest BCUT2D eigenvalue weighted by Crippen LogP contribution is -2.44. The van der Waals surface area contributed by atoms with Gasteiger partial charge in [0.25, 0.3) is 0 Å². The largest absolute Gasteiger partial charge is 0.395 e. The van der Waals surface area contributed by atoms with Gasteiger partial charge in [0.2, 0.25) is 5.91 Å². The molecule has 1 saturated carbocycles. The molecule has 2 N–H and O–H groups in total. The number of nitrogens with one attached hydrogen (secondary N) is 1. The highest BCUT2D eigenvalue weighted by molar-refractivity contribution is 5.78. The number of hydrogen-bond acceptors (Lipinski definition) is 4. The van der Waals surface area contributed by atoms with Crippen molar-refractivity contribution in [2.45, 2.75) is 38.6 Å². The quantitative estimate of drug-likeness (QED) is 0.680. The van der Waals surface area contributed by atoms with Crippen LogP contribution in [0.1, 0.15) is 32.6 Å². The zero-order valence-corrected chi connectivity index (χ0v) is 12.2. The van der Waals surface area contributed by atoms with Gasteiger partial charge in [-0.05, 0) is 31.6 Å². The Balaban J connectivity index is 2.27. The third-order valence-corrected chi connectivity index (χ3v) is 3.78. The van der Waals surface area contributed by atoms with E-state index in [9.17, 15) is 4.79 Å². The summed E-state index contributed by atoms with van der Waals surface area (Å²) in [5, 5.41) is 12.1. The first-order valence-corrected chi connectivity index (χ1v) is 7.27. The van der Waals surface area contributed by atoms with Crippen LogP contribution in [0.15, 0.2) is 0 Å². The highest BCUT2D eigenvalue weighted by Gasteiger charge is 2.20. The Morgan fingerprint density at radius 1 is 1.32 bits per heavy atom. The van der Waals surface area contributed by atoms with Gasteiger partial charge in [-0.15, -0.1) is 0 Å². The van der Waals surface area contributed by atoms with Crippen molar-refractivity contribution in [3.05, 3.63) is 0 Å². The summed E-state index contributed by atoms with van der Waals surface area (Å²) in [6.45, 7) is 4.44. The van der Waals surface area contributed by atoms with Gasteiger partial charge in [0.05, 0.1) is 19.8 Å². The molecule has 1 aliphatic carbocycles. The minimum Gasteiger partial charge on any atom is -0.395 e. The Hall–Kier alpha value is -0.650. The van der Waals surface area contributed by atoms with Crippen molar-refractivity contribution in [2.24, 2.45) is 5.92 Å². The summed E-state index contributed by atoms with van der Waals surface area (Å²) in [5.74, 6) is 0.852. The molecule has 19 heavy (non-hydrogen) atoms. The number of carbonyl (C=O) groups excluding carboxylic acids is 1. The predicted molar refractivity (Wildman–Crippen MR) is 75.0 cm³/mol. The van der Waals surface area contributed by atoms with Crippen LogP contribution in [0.5, 0.6) is 0 Å². The van der Waals surface area contributed by atoms with Crippen molar-refractivity contribution in [1.29, 1.82) is 0 Å². The summed E-state index contributed by atoms with van der Waals surface area (Å²) in [5.41, 5.74) is 0. The fraction of sp³-hybridized carbons (Fsp3) is 0.929. The normalized spacial score (nSPS) is 23.6. The molecule has 1 rings (SSSR count). The molecule has 0 aromatic carbocycles. The molecular formula is C14H28N2O3. The number of rotatable bonds is 8. The average Bonchev–Trinajstić information content (AvgIpc) is 2.39. The maximum atomic E-state index is 12.0. The van der Waals surface area contributed by atoms with Crippen LogP contribution in [-0.4, -0.2) is 61.9 Å². The molecule has 0 spiro atoms. The minimum absolute atomic E-state index is 0.0594.